The van der Waals surface area contributed by atoms with E-state index in [1.54, 1.807) is 6.92 Å². The van der Waals surface area contributed by atoms with Crippen molar-refractivity contribution in [3.8, 4) is 0 Å². The molecule has 0 aromatic carbocycles. The number of hydrogen-bond donors (Lipinski definition) is 3. The monoisotopic (exact) mass is 240 g/mol. The summed E-state index contributed by atoms with van der Waals surface area (Å²) < 4.78 is 0. The van der Waals surface area contributed by atoms with Gasteiger partial charge in [-0.25, -0.2) is 4.98 Å². The van der Waals surface area contributed by atoms with Gasteiger partial charge in [0.15, 0.2) is 0 Å². The van der Waals surface area contributed by atoms with E-state index in [1.807, 2.05) is 6.92 Å². The molecule has 1 aromatic rings. The Morgan fingerprint density at radius 1 is 1.53 bits per heavy atom. The van der Waals surface area contributed by atoms with E-state index in [0.717, 1.165) is 6.42 Å². The fraction of sp³-hybridized carbons (Fsp3) is 0.600. The maximum Gasteiger partial charge on any atom is 0.305 e. The third-order valence-electron chi connectivity index (χ3n) is 2.19. The third kappa shape index (κ3) is 4.21. The second kappa shape index (κ2) is 5.97. The molecule has 0 aliphatic heterocycles. The van der Waals surface area contributed by atoms with Crippen molar-refractivity contribution in [1.82, 2.24) is 20.5 Å². The summed E-state index contributed by atoms with van der Waals surface area (Å²) in [5, 5.41) is 17.6. The fourth-order valence-electron chi connectivity index (χ4n) is 1.48. The van der Waals surface area contributed by atoms with Gasteiger partial charge in [-0.05, 0) is 13.3 Å². The van der Waals surface area contributed by atoms with Crippen LogP contribution < -0.4 is 5.32 Å². The molecule has 0 saturated heterocycles. The van der Waals surface area contributed by atoms with Gasteiger partial charge in [0, 0.05) is 6.04 Å². The highest BCUT2D eigenvalue weighted by molar-refractivity contribution is 5.90. The van der Waals surface area contributed by atoms with Gasteiger partial charge in [-0.2, -0.15) is 0 Å². The number of carbonyl (C=O) groups is 2. The summed E-state index contributed by atoms with van der Waals surface area (Å²) in [5.41, 5.74) is 0. The molecular formula is C10H16N4O3. The Labute approximate surface area is 98.6 Å². The van der Waals surface area contributed by atoms with Crippen LogP contribution in [0.1, 0.15) is 42.6 Å². The van der Waals surface area contributed by atoms with E-state index in [0.29, 0.717) is 12.2 Å². The molecule has 1 heterocycles. The Morgan fingerprint density at radius 3 is 2.71 bits per heavy atom. The number of aromatic amines is 1. The van der Waals surface area contributed by atoms with Crippen molar-refractivity contribution < 1.29 is 14.7 Å². The number of rotatable bonds is 6. The molecule has 7 nitrogen and oxygen atoms in total. The van der Waals surface area contributed by atoms with Gasteiger partial charge in [0.25, 0.3) is 5.91 Å². The summed E-state index contributed by atoms with van der Waals surface area (Å²) in [6.45, 7) is 3.61. The lowest BCUT2D eigenvalue weighted by Gasteiger charge is -2.14. The van der Waals surface area contributed by atoms with Crippen LogP contribution in [-0.2, 0) is 4.79 Å². The van der Waals surface area contributed by atoms with Crippen LogP contribution >= 0.6 is 0 Å². The maximum atomic E-state index is 11.7. The Balaban J connectivity index is 2.60. The average molecular weight is 240 g/mol. The molecule has 1 unspecified atom stereocenters. The van der Waals surface area contributed by atoms with E-state index in [-0.39, 0.29) is 18.3 Å². The topological polar surface area (TPSA) is 108 Å². The van der Waals surface area contributed by atoms with Crippen molar-refractivity contribution in [2.75, 3.05) is 0 Å². The largest absolute Gasteiger partial charge is 0.481 e. The van der Waals surface area contributed by atoms with Crippen molar-refractivity contribution in [1.29, 1.82) is 0 Å². The van der Waals surface area contributed by atoms with E-state index in [1.165, 1.54) is 0 Å². The highest BCUT2D eigenvalue weighted by Crippen LogP contribution is 2.03. The molecule has 0 fully saturated rings. The average Bonchev–Trinajstić information content (AvgIpc) is 2.64. The van der Waals surface area contributed by atoms with Crippen molar-refractivity contribution in [2.45, 2.75) is 39.2 Å². The van der Waals surface area contributed by atoms with Gasteiger partial charge in [0.05, 0.1) is 6.42 Å². The molecule has 0 radical (unpaired) electrons. The molecule has 1 amide bonds. The minimum absolute atomic E-state index is 0.0361. The first-order chi connectivity index (χ1) is 8.02. The predicted molar refractivity (Wildman–Crippen MR) is 59.5 cm³/mol. The number of hydrogen-bond acceptors (Lipinski definition) is 4. The van der Waals surface area contributed by atoms with Crippen LogP contribution in [0.25, 0.3) is 0 Å². The molecule has 0 bridgehead atoms. The molecule has 17 heavy (non-hydrogen) atoms. The van der Waals surface area contributed by atoms with Crippen LogP contribution in [0.2, 0.25) is 0 Å². The number of nitrogens with one attached hydrogen (secondary N) is 2. The fourth-order valence-corrected chi connectivity index (χ4v) is 1.48. The number of aromatic nitrogens is 3. The Hall–Kier alpha value is -1.92. The maximum absolute atomic E-state index is 11.7. The number of aryl methyl sites for hydroxylation is 1. The Kier molecular flexibility index (Phi) is 4.62. The van der Waals surface area contributed by atoms with Crippen LogP contribution in [0.3, 0.4) is 0 Å². The quantitative estimate of drug-likeness (QED) is 0.670. The van der Waals surface area contributed by atoms with Gasteiger partial charge in [0.1, 0.15) is 5.82 Å². The van der Waals surface area contributed by atoms with E-state index >= 15 is 0 Å². The molecular weight excluding hydrogens is 224 g/mol. The first kappa shape index (κ1) is 13.1. The van der Waals surface area contributed by atoms with E-state index in [2.05, 4.69) is 20.5 Å². The van der Waals surface area contributed by atoms with Crippen molar-refractivity contribution in [3.05, 3.63) is 11.6 Å². The molecule has 0 saturated carbocycles. The number of nitrogens with zero attached hydrogens (tertiary/aromatic N) is 2. The predicted octanol–water partition coefficient (Wildman–Crippen LogP) is 0.486. The molecule has 1 rings (SSSR count). The summed E-state index contributed by atoms with van der Waals surface area (Å²) >= 11 is 0. The van der Waals surface area contributed by atoms with Crippen LogP contribution in [0.15, 0.2) is 0 Å². The van der Waals surface area contributed by atoms with Gasteiger partial charge in [0.2, 0.25) is 5.82 Å². The molecule has 0 aliphatic rings. The molecule has 94 valence electrons. The smallest absolute Gasteiger partial charge is 0.305 e. The standard InChI is InChI=1S/C10H16N4O3/c1-3-4-7(5-8(15)16)12-10(17)9-11-6(2)13-14-9/h7H,3-5H2,1-2H3,(H,12,17)(H,15,16)(H,11,13,14). The van der Waals surface area contributed by atoms with Crippen molar-refractivity contribution in [2.24, 2.45) is 0 Å². The van der Waals surface area contributed by atoms with Gasteiger partial charge in [-0.3, -0.25) is 14.7 Å². The zero-order valence-electron chi connectivity index (χ0n) is 9.86. The molecule has 1 atom stereocenters. The van der Waals surface area contributed by atoms with E-state index < -0.39 is 11.9 Å². The number of amides is 1. The Morgan fingerprint density at radius 2 is 2.24 bits per heavy atom. The zero-order valence-corrected chi connectivity index (χ0v) is 9.86. The first-order valence-electron chi connectivity index (χ1n) is 5.44. The highest BCUT2D eigenvalue weighted by atomic mass is 16.4. The molecule has 0 aliphatic carbocycles. The molecule has 3 N–H and O–H groups in total. The van der Waals surface area contributed by atoms with Crippen molar-refractivity contribution >= 4 is 11.9 Å². The van der Waals surface area contributed by atoms with Gasteiger partial charge >= 0.3 is 5.97 Å². The summed E-state index contributed by atoms with van der Waals surface area (Å²) in [7, 11) is 0. The van der Waals surface area contributed by atoms with Crippen molar-refractivity contribution in [3.63, 3.8) is 0 Å². The van der Waals surface area contributed by atoms with E-state index in [9.17, 15) is 9.59 Å². The summed E-state index contributed by atoms with van der Waals surface area (Å²) in [6, 6.07) is -0.385. The van der Waals surface area contributed by atoms with Crippen LogP contribution in [0.4, 0.5) is 0 Å². The molecule has 1 aromatic heterocycles. The number of H-pyrrole nitrogens is 1. The lowest BCUT2D eigenvalue weighted by Crippen LogP contribution is -2.37. The minimum Gasteiger partial charge on any atom is -0.481 e. The van der Waals surface area contributed by atoms with Gasteiger partial charge in [-0.15, -0.1) is 5.10 Å². The van der Waals surface area contributed by atoms with Crippen LogP contribution in [-0.4, -0.2) is 38.2 Å². The highest BCUT2D eigenvalue weighted by Gasteiger charge is 2.18. The zero-order chi connectivity index (χ0) is 12.8. The summed E-state index contributed by atoms with van der Waals surface area (Å²) in [5.74, 6) is -0.807. The van der Waals surface area contributed by atoms with E-state index in [4.69, 9.17) is 5.11 Å². The van der Waals surface area contributed by atoms with Gasteiger partial charge < -0.3 is 10.4 Å². The second-order valence-corrected chi connectivity index (χ2v) is 3.80. The SMILES string of the molecule is CCCC(CC(=O)O)NC(=O)c1n[nH]c(C)n1. The van der Waals surface area contributed by atoms with Crippen LogP contribution in [0.5, 0.6) is 0 Å². The molecule has 0 spiro atoms. The second-order valence-electron chi connectivity index (χ2n) is 3.80. The lowest BCUT2D eigenvalue weighted by atomic mass is 10.1. The minimum atomic E-state index is -0.935. The summed E-state index contributed by atoms with van der Waals surface area (Å²) in [4.78, 5) is 26.2. The first-order valence-corrected chi connectivity index (χ1v) is 5.44. The third-order valence-corrected chi connectivity index (χ3v) is 2.19. The number of carboxylic acid groups (broad SMARTS) is 1. The molecule has 7 heteroatoms. The summed E-state index contributed by atoms with van der Waals surface area (Å²) in [6.07, 6.45) is 1.32. The number of carboxylic acids is 1. The van der Waals surface area contributed by atoms with Gasteiger partial charge in [-0.1, -0.05) is 13.3 Å². The lowest BCUT2D eigenvalue weighted by molar-refractivity contribution is -0.137. The Bertz CT molecular complexity index is 402. The number of carbonyl (C=O) groups excluding carboxylic acids is 1. The van der Waals surface area contributed by atoms with Crippen LogP contribution in [0, 0.1) is 6.92 Å². The normalized spacial score (nSPS) is 12.1. The number of aliphatic carboxylic acids is 1.